The molecular weight excluding hydrogens is 396 g/mol. The number of piperidine rings is 1. The molecule has 30 heavy (non-hydrogen) atoms. The Labute approximate surface area is 173 Å². The normalized spacial score (nSPS) is 20.2. The maximum Gasteiger partial charge on any atom is 0.309 e. The number of likely N-dealkylation sites (tertiary alicyclic amines) is 1. The molecular formula is C21H25F2N3O4. The Balaban J connectivity index is 1.69. The summed E-state index contributed by atoms with van der Waals surface area (Å²) in [6, 6.07) is 3.66. The smallest absolute Gasteiger partial charge is 0.309 e. The zero-order valence-corrected chi connectivity index (χ0v) is 17.1. The van der Waals surface area contributed by atoms with Gasteiger partial charge in [0.25, 0.3) is 5.91 Å². The third kappa shape index (κ3) is 5.21. The van der Waals surface area contributed by atoms with E-state index in [4.69, 9.17) is 4.52 Å². The SMILES string of the molecule is CC(C)(C)CN1CC[C@H](NC(=O)c2cc(-c3ccc(F)cc3F)on2)[C@@H](C(=O)O)C1. The van der Waals surface area contributed by atoms with Gasteiger partial charge in [-0.15, -0.1) is 0 Å². The Morgan fingerprint density at radius 1 is 1.30 bits per heavy atom. The predicted molar refractivity (Wildman–Crippen MR) is 105 cm³/mol. The summed E-state index contributed by atoms with van der Waals surface area (Å²) < 4.78 is 32.0. The molecule has 7 nitrogen and oxygen atoms in total. The van der Waals surface area contributed by atoms with Gasteiger partial charge in [-0.1, -0.05) is 25.9 Å². The van der Waals surface area contributed by atoms with Gasteiger partial charge >= 0.3 is 5.97 Å². The standard InChI is InChI=1S/C21H25F2N3O4/c1-21(2,3)11-26-7-6-16(14(10-26)20(28)29)24-19(27)17-9-18(30-25-17)13-5-4-12(22)8-15(13)23/h4-5,8-9,14,16H,6-7,10-11H2,1-3H3,(H,24,27)(H,28,29)/t14-,16-/m0/s1. The highest BCUT2D eigenvalue weighted by Crippen LogP contribution is 2.25. The third-order valence-corrected chi connectivity index (χ3v) is 4.97. The summed E-state index contributed by atoms with van der Waals surface area (Å²) in [6.07, 6.45) is 0.482. The number of aliphatic carboxylic acids is 1. The van der Waals surface area contributed by atoms with Gasteiger partial charge in [-0.25, -0.2) is 8.78 Å². The monoisotopic (exact) mass is 421 g/mol. The average Bonchev–Trinajstić information content (AvgIpc) is 3.11. The molecule has 2 heterocycles. The van der Waals surface area contributed by atoms with Gasteiger partial charge in [0.2, 0.25) is 0 Å². The number of carbonyl (C=O) groups is 2. The Morgan fingerprint density at radius 2 is 2.03 bits per heavy atom. The van der Waals surface area contributed by atoms with Crippen molar-refractivity contribution < 1.29 is 28.0 Å². The van der Waals surface area contributed by atoms with E-state index < -0.39 is 35.5 Å². The van der Waals surface area contributed by atoms with Crippen molar-refractivity contribution in [1.82, 2.24) is 15.4 Å². The molecule has 0 radical (unpaired) electrons. The number of hydrogen-bond acceptors (Lipinski definition) is 5. The van der Waals surface area contributed by atoms with Crippen LogP contribution in [0.5, 0.6) is 0 Å². The second-order valence-corrected chi connectivity index (χ2v) is 8.81. The molecule has 2 aromatic rings. The van der Waals surface area contributed by atoms with Crippen LogP contribution in [0.2, 0.25) is 0 Å². The van der Waals surface area contributed by atoms with Crippen molar-refractivity contribution in [1.29, 1.82) is 0 Å². The van der Waals surface area contributed by atoms with Crippen LogP contribution in [0.15, 0.2) is 28.8 Å². The fourth-order valence-corrected chi connectivity index (χ4v) is 3.70. The van der Waals surface area contributed by atoms with Crippen LogP contribution in [-0.2, 0) is 4.79 Å². The van der Waals surface area contributed by atoms with Gasteiger partial charge in [0, 0.05) is 37.8 Å². The molecule has 1 aliphatic heterocycles. The van der Waals surface area contributed by atoms with E-state index in [0.717, 1.165) is 12.6 Å². The molecule has 1 amide bonds. The van der Waals surface area contributed by atoms with Crippen molar-refractivity contribution >= 4 is 11.9 Å². The number of carbonyl (C=O) groups excluding carboxylic acids is 1. The minimum Gasteiger partial charge on any atom is -0.481 e. The zero-order valence-electron chi connectivity index (χ0n) is 17.1. The molecule has 0 bridgehead atoms. The Kier molecular flexibility index (Phi) is 6.21. The average molecular weight is 421 g/mol. The van der Waals surface area contributed by atoms with Gasteiger partial charge in [0.15, 0.2) is 11.5 Å². The molecule has 162 valence electrons. The molecule has 0 aliphatic carbocycles. The molecule has 3 rings (SSSR count). The van der Waals surface area contributed by atoms with Crippen LogP contribution >= 0.6 is 0 Å². The van der Waals surface area contributed by atoms with Crippen molar-refractivity contribution in [3.63, 3.8) is 0 Å². The molecule has 1 fully saturated rings. The maximum atomic E-state index is 13.9. The van der Waals surface area contributed by atoms with Gasteiger partial charge in [0.05, 0.1) is 11.5 Å². The number of halogens is 2. The minimum absolute atomic E-state index is 0.0209. The lowest BCUT2D eigenvalue weighted by Gasteiger charge is -2.39. The lowest BCUT2D eigenvalue weighted by molar-refractivity contribution is -0.144. The highest BCUT2D eigenvalue weighted by Gasteiger charge is 2.36. The van der Waals surface area contributed by atoms with Crippen LogP contribution in [0.25, 0.3) is 11.3 Å². The lowest BCUT2D eigenvalue weighted by atomic mass is 9.89. The summed E-state index contributed by atoms with van der Waals surface area (Å²) in [6.45, 7) is 8.01. The Bertz CT molecular complexity index is 939. The van der Waals surface area contributed by atoms with Crippen molar-refractivity contribution in [3.8, 4) is 11.3 Å². The Hall–Kier alpha value is -2.81. The van der Waals surface area contributed by atoms with E-state index in [1.54, 1.807) is 0 Å². The summed E-state index contributed by atoms with van der Waals surface area (Å²) in [5.41, 5.74) is -0.0943. The van der Waals surface area contributed by atoms with Gasteiger partial charge in [0.1, 0.15) is 11.6 Å². The summed E-state index contributed by atoms with van der Waals surface area (Å²) in [5.74, 6) is -3.93. The van der Waals surface area contributed by atoms with Crippen LogP contribution in [-0.4, -0.2) is 52.7 Å². The van der Waals surface area contributed by atoms with Gasteiger partial charge in [-0.05, 0) is 24.0 Å². The number of aromatic nitrogens is 1. The molecule has 0 saturated carbocycles. The first-order valence-corrected chi connectivity index (χ1v) is 9.71. The van der Waals surface area contributed by atoms with E-state index in [2.05, 4.69) is 36.1 Å². The van der Waals surface area contributed by atoms with Crippen molar-refractivity contribution in [2.45, 2.75) is 33.2 Å². The summed E-state index contributed by atoms with van der Waals surface area (Å²) >= 11 is 0. The van der Waals surface area contributed by atoms with Crippen molar-refractivity contribution in [3.05, 3.63) is 41.6 Å². The molecule has 1 aromatic heterocycles. The van der Waals surface area contributed by atoms with Gasteiger partial charge in [-0.3, -0.25) is 9.59 Å². The number of rotatable bonds is 5. The first-order chi connectivity index (χ1) is 14.0. The molecule has 2 N–H and O–H groups in total. The fourth-order valence-electron chi connectivity index (χ4n) is 3.70. The van der Waals surface area contributed by atoms with E-state index in [0.29, 0.717) is 25.6 Å². The number of nitrogens with one attached hydrogen (secondary N) is 1. The van der Waals surface area contributed by atoms with Crippen molar-refractivity contribution in [2.75, 3.05) is 19.6 Å². The quantitative estimate of drug-likeness (QED) is 0.770. The van der Waals surface area contributed by atoms with E-state index in [1.807, 2.05) is 0 Å². The predicted octanol–water partition coefficient (Wildman–Crippen LogP) is 3.17. The Morgan fingerprint density at radius 3 is 2.67 bits per heavy atom. The molecule has 0 spiro atoms. The van der Waals surface area contributed by atoms with Gasteiger partial charge in [-0.2, -0.15) is 0 Å². The second kappa shape index (κ2) is 8.51. The molecule has 0 unspecified atom stereocenters. The highest BCUT2D eigenvalue weighted by molar-refractivity contribution is 5.93. The number of benzene rings is 1. The van der Waals surface area contributed by atoms with Gasteiger partial charge < -0.3 is 19.8 Å². The molecule has 1 aliphatic rings. The summed E-state index contributed by atoms with van der Waals surface area (Å²) in [5, 5.41) is 16.0. The topological polar surface area (TPSA) is 95.7 Å². The molecule has 1 saturated heterocycles. The minimum atomic E-state index is -0.979. The molecule has 2 atom stereocenters. The maximum absolute atomic E-state index is 13.9. The number of hydrogen-bond donors (Lipinski definition) is 2. The van der Waals surface area contributed by atoms with Crippen LogP contribution in [0, 0.1) is 23.0 Å². The van der Waals surface area contributed by atoms with E-state index in [9.17, 15) is 23.5 Å². The second-order valence-electron chi connectivity index (χ2n) is 8.81. The van der Waals surface area contributed by atoms with E-state index in [-0.39, 0.29) is 22.4 Å². The number of carboxylic acid groups (broad SMARTS) is 1. The van der Waals surface area contributed by atoms with Crippen LogP contribution in [0.3, 0.4) is 0 Å². The summed E-state index contributed by atoms with van der Waals surface area (Å²) in [7, 11) is 0. The molecule has 9 heteroatoms. The van der Waals surface area contributed by atoms with E-state index >= 15 is 0 Å². The third-order valence-electron chi connectivity index (χ3n) is 4.97. The fraction of sp³-hybridized carbons (Fsp3) is 0.476. The zero-order chi connectivity index (χ0) is 22.1. The first kappa shape index (κ1) is 21.9. The number of amides is 1. The molecule has 1 aromatic carbocycles. The highest BCUT2D eigenvalue weighted by atomic mass is 19.1. The van der Waals surface area contributed by atoms with Crippen LogP contribution in [0.4, 0.5) is 8.78 Å². The van der Waals surface area contributed by atoms with Crippen LogP contribution in [0.1, 0.15) is 37.7 Å². The van der Waals surface area contributed by atoms with E-state index in [1.165, 1.54) is 12.1 Å². The first-order valence-electron chi connectivity index (χ1n) is 9.71. The number of carboxylic acids is 1. The van der Waals surface area contributed by atoms with Crippen molar-refractivity contribution in [2.24, 2.45) is 11.3 Å². The van der Waals surface area contributed by atoms with Crippen LogP contribution < -0.4 is 5.32 Å². The number of nitrogens with zero attached hydrogens (tertiary/aromatic N) is 2. The summed E-state index contributed by atoms with van der Waals surface area (Å²) in [4.78, 5) is 26.4. The lowest BCUT2D eigenvalue weighted by Crippen LogP contribution is -2.54. The largest absolute Gasteiger partial charge is 0.481 e.